The molecular formula is C21H25ClN2O5S. The van der Waals surface area contributed by atoms with Crippen molar-refractivity contribution in [2.75, 3.05) is 29.5 Å². The van der Waals surface area contributed by atoms with Crippen LogP contribution in [0.4, 0.5) is 11.4 Å². The molecule has 0 fully saturated rings. The van der Waals surface area contributed by atoms with Crippen molar-refractivity contribution < 1.29 is 22.7 Å². The molecule has 2 aromatic carbocycles. The predicted molar refractivity (Wildman–Crippen MR) is 119 cm³/mol. The van der Waals surface area contributed by atoms with Gasteiger partial charge in [-0.1, -0.05) is 23.7 Å². The van der Waals surface area contributed by atoms with Gasteiger partial charge < -0.3 is 10.1 Å². The van der Waals surface area contributed by atoms with E-state index in [1.54, 1.807) is 50.2 Å². The Balaban J connectivity index is 2.07. The van der Waals surface area contributed by atoms with Crippen LogP contribution in [0.15, 0.2) is 36.4 Å². The highest BCUT2D eigenvalue weighted by atomic mass is 35.5. The van der Waals surface area contributed by atoms with E-state index in [-0.39, 0.29) is 18.9 Å². The van der Waals surface area contributed by atoms with Gasteiger partial charge in [0, 0.05) is 23.7 Å². The lowest BCUT2D eigenvalue weighted by Gasteiger charge is -2.24. The van der Waals surface area contributed by atoms with Crippen molar-refractivity contribution in [3.05, 3.63) is 58.1 Å². The Morgan fingerprint density at radius 1 is 1.17 bits per heavy atom. The van der Waals surface area contributed by atoms with E-state index in [1.165, 1.54) is 11.4 Å². The van der Waals surface area contributed by atoms with Crippen LogP contribution in [0, 0.1) is 13.8 Å². The van der Waals surface area contributed by atoms with Gasteiger partial charge >= 0.3 is 5.97 Å². The average molecular weight is 453 g/mol. The standard InChI is InChI=1S/C21H25ClN2O5S/c1-14-10-11-16(22)13-19(14)24(30(4,27)28)12-6-9-20(25)23-18-8-5-7-17(15(18)2)21(26)29-3/h5,7-8,10-11,13H,6,9,12H2,1-4H3,(H,23,25). The number of hydrogen-bond donors (Lipinski definition) is 1. The number of benzene rings is 2. The topological polar surface area (TPSA) is 92.8 Å². The number of halogens is 1. The Labute approximate surface area is 182 Å². The number of hydrogen-bond acceptors (Lipinski definition) is 5. The van der Waals surface area contributed by atoms with Gasteiger partial charge in [-0.3, -0.25) is 9.10 Å². The third-order valence-electron chi connectivity index (χ3n) is 4.62. The van der Waals surface area contributed by atoms with Crippen molar-refractivity contribution in [3.8, 4) is 0 Å². The molecule has 7 nitrogen and oxygen atoms in total. The second-order valence-corrected chi connectivity index (χ2v) is 9.23. The minimum atomic E-state index is -3.55. The van der Waals surface area contributed by atoms with Crippen LogP contribution >= 0.6 is 11.6 Å². The van der Waals surface area contributed by atoms with Gasteiger partial charge in [0.2, 0.25) is 15.9 Å². The maximum absolute atomic E-state index is 12.4. The monoisotopic (exact) mass is 452 g/mol. The molecule has 0 heterocycles. The number of ether oxygens (including phenoxy) is 1. The summed E-state index contributed by atoms with van der Waals surface area (Å²) < 4.78 is 30.5. The van der Waals surface area contributed by atoms with Gasteiger partial charge in [0.1, 0.15) is 0 Å². The molecule has 1 N–H and O–H groups in total. The van der Waals surface area contributed by atoms with Crippen molar-refractivity contribution in [1.82, 2.24) is 0 Å². The Morgan fingerprint density at radius 2 is 1.87 bits per heavy atom. The summed E-state index contributed by atoms with van der Waals surface area (Å²) in [6.45, 7) is 3.65. The van der Waals surface area contributed by atoms with Crippen LogP contribution in [0.1, 0.15) is 34.3 Å². The molecule has 0 aromatic heterocycles. The van der Waals surface area contributed by atoms with Gasteiger partial charge in [-0.25, -0.2) is 13.2 Å². The number of aryl methyl sites for hydroxylation is 1. The lowest BCUT2D eigenvalue weighted by atomic mass is 10.1. The summed E-state index contributed by atoms with van der Waals surface area (Å²) in [5.74, 6) is -0.763. The number of amides is 1. The van der Waals surface area contributed by atoms with Crippen LogP contribution < -0.4 is 9.62 Å². The smallest absolute Gasteiger partial charge is 0.338 e. The van der Waals surface area contributed by atoms with Gasteiger partial charge in [-0.05, 0) is 55.7 Å². The zero-order valence-corrected chi connectivity index (χ0v) is 18.9. The van der Waals surface area contributed by atoms with Gasteiger partial charge in [0.15, 0.2) is 0 Å². The van der Waals surface area contributed by atoms with Gasteiger partial charge in [0.05, 0.1) is 24.6 Å². The van der Waals surface area contributed by atoms with E-state index in [9.17, 15) is 18.0 Å². The molecule has 0 radical (unpaired) electrons. The van der Waals surface area contributed by atoms with Crippen molar-refractivity contribution >= 4 is 44.9 Å². The van der Waals surface area contributed by atoms with Crippen molar-refractivity contribution in [1.29, 1.82) is 0 Å². The first-order chi connectivity index (χ1) is 14.0. The zero-order chi connectivity index (χ0) is 22.5. The minimum absolute atomic E-state index is 0.105. The van der Waals surface area contributed by atoms with Gasteiger partial charge in [-0.15, -0.1) is 0 Å². The predicted octanol–water partition coefficient (Wildman–Crippen LogP) is 3.93. The van der Waals surface area contributed by atoms with Crippen LogP contribution in [0.2, 0.25) is 5.02 Å². The van der Waals surface area contributed by atoms with Crippen molar-refractivity contribution in [2.45, 2.75) is 26.7 Å². The molecule has 0 aliphatic heterocycles. The van der Waals surface area contributed by atoms with E-state index in [0.717, 1.165) is 11.8 Å². The molecule has 0 saturated carbocycles. The fraction of sp³-hybridized carbons (Fsp3) is 0.333. The molecule has 0 spiro atoms. The summed E-state index contributed by atoms with van der Waals surface area (Å²) in [5, 5.41) is 3.20. The molecule has 0 aliphatic rings. The van der Waals surface area contributed by atoms with Crippen LogP contribution in [0.3, 0.4) is 0 Å². The lowest BCUT2D eigenvalue weighted by molar-refractivity contribution is -0.116. The minimum Gasteiger partial charge on any atom is -0.465 e. The summed E-state index contributed by atoms with van der Waals surface area (Å²) in [7, 11) is -2.25. The second kappa shape index (κ2) is 9.95. The van der Waals surface area contributed by atoms with Crippen molar-refractivity contribution in [3.63, 3.8) is 0 Å². The summed E-state index contributed by atoms with van der Waals surface area (Å²) in [5.41, 5.74) is 2.74. The van der Waals surface area contributed by atoms with E-state index in [0.29, 0.717) is 33.9 Å². The maximum atomic E-state index is 12.4. The largest absolute Gasteiger partial charge is 0.465 e. The molecule has 0 unspecified atom stereocenters. The van der Waals surface area contributed by atoms with Crippen LogP contribution in [-0.2, 0) is 19.6 Å². The van der Waals surface area contributed by atoms with Gasteiger partial charge in [0.25, 0.3) is 0 Å². The Morgan fingerprint density at radius 3 is 2.50 bits per heavy atom. The molecule has 30 heavy (non-hydrogen) atoms. The molecule has 2 aromatic rings. The van der Waals surface area contributed by atoms with E-state index >= 15 is 0 Å². The zero-order valence-electron chi connectivity index (χ0n) is 17.4. The molecule has 9 heteroatoms. The highest BCUT2D eigenvalue weighted by Crippen LogP contribution is 2.27. The fourth-order valence-corrected chi connectivity index (χ4v) is 4.20. The van der Waals surface area contributed by atoms with E-state index in [4.69, 9.17) is 16.3 Å². The summed E-state index contributed by atoms with van der Waals surface area (Å²) in [6.07, 6.45) is 1.53. The second-order valence-electron chi connectivity index (χ2n) is 6.89. The number of esters is 1. The van der Waals surface area contributed by atoms with Crippen LogP contribution in [0.5, 0.6) is 0 Å². The first kappa shape index (κ1) is 23.7. The van der Waals surface area contributed by atoms with E-state index in [2.05, 4.69) is 5.32 Å². The molecule has 0 saturated heterocycles. The Hall–Kier alpha value is -2.58. The average Bonchev–Trinajstić information content (AvgIpc) is 2.67. The Kier molecular flexibility index (Phi) is 7.86. The quantitative estimate of drug-likeness (QED) is 0.612. The third kappa shape index (κ3) is 5.96. The molecular weight excluding hydrogens is 428 g/mol. The summed E-state index contributed by atoms with van der Waals surface area (Å²) >= 11 is 6.03. The number of methoxy groups -OCH3 is 1. The first-order valence-electron chi connectivity index (χ1n) is 9.26. The van der Waals surface area contributed by atoms with E-state index < -0.39 is 16.0 Å². The van der Waals surface area contributed by atoms with E-state index in [1.807, 2.05) is 0 Å². The highest BCUT2D eigenvalue weighted by molar-refractivity contribution is 7.92. The number of sulfonamides is 1. The number of nitrogens with zero attached hydrogens (tertiary/aromatic N) is 1. The Bertz CT molecular complexity index is 1050. The molecule has 0 aliphatic carbocycles. The fourth-order valence-electron chi connectivity index (χ4n) is 3.01. The molecule has 162 valence electrons. The molecule has 0 atom stereocenters. The number of rotatable bonds is 8. The maximum Gasteiger partial charge on any atom is 0.338 e. The summed E-state index contributed by atoms with van der Waals surface area (Å²) in [4.78, 5) is 24.2. The lowest BCUT2D eigenvalue weighted by Crippen LogP contribution is -2.32. The summed E-state index contributed by atoms with van der Waals surface area (Å²) in [6, 6.07) is 10.0. The molecule has 2 rings (SSSR count). The van der Waals surface area contributed by atoms with Crippen LogP contribution in [-0.4, -0.2) is 40.2 Å². The SMILES string of the molecule is COC(=O)c1cccc(NC(=O)CCCN(c2cc(Cl)ccc2C)S(C)(=O)=O)c1C. The van der Waals surface area contributed by atoms with Gasteiger partial charge in [-0.2, -0.15) is 0 Å². The first-order valence-corrected chi connectivity index (χ1v) is 11.5. The third-order valence-corrected chi connectivity index (χ3v) is 6.03. The normalized spacial score (nSPS) is 11.1. The number of anilines is 2. The number of carbonyl (C=O) groups is 2. The van der Waals surface area contributed by atoms with Crippen LogP contribution in [0.25, 0.3) is 0 Å². The van der Waals surface area contributed by atoms with Crippen molar-refractivity contribution in [2.24, 2.45) is 0 Å². The molecule has 1 amide bonds. The highest BCUT2D eigenvalue weighted by Gasteiger charge is 2.20. The number of nitrogens with one attached hydrogen (secondary N) is 1. The molecule has 0 bridgehead atoms. The number of carbonyl (C=O) groups excluding carboxylic acids is 2.